The predicted molar refractivity (Wildman–Crippen MR) is 100 cm³/mol. The molecule has 1 amide bonds. The van der Waals surface area contributed by atoms with Crippen LogP contribution >= 0.6 is 22.6 Å². The number of piperidine rings is 1. The SMILES string of the molecule is CC(C)(C)OC(=O)N1C[C@H](F)C[C@@H](Nc2nnc3c(I)cccn23)C1. The number of nitrogens with one attached hydrogen (secondary N) is 1. The van der Waals surface area contributed by atoms with E-state index in [1.807, 2.05) is 22.7 Å². The fourth-order valence-electron chi connectivity index (χ4n) is 2.78. The van der Waals surface area contributed by atoms with Crippen molar-refractivity contribution >= 4 is 40.3 Å². The Hall–Kier alpha value is -1.65. The number of carbonyl (C=O) groups excluding carboxylic acids is 1. The van der Waals surface area contributed by atoms with E-state index >= 15 is 0 Å². The minimum atomic E-state index is -1.11. The number of anilines is 1. The van der Waals surface area contributed by atoms with Crippen LogP contribution in [0.5, 0.6) is 0 Å². The van der Waals surface area contributed by atoms with Crippen molar-refractivity contribution in [1.29, 1.82) is 0 Å². The van der Waals surface area contributed by atoms with E-state index in [2.05, 4.69) is 38.1 Å². The number of halogens is 2. The van der Waals surface area contributed by atoms with Crippen LogP contribution in [0.15, 0.2) is 18.3 Å². The zero-order valence-electron chi connectivity index (χ0n) is 14.4. The second-order valence-corrected chi connectivity index (χ2v) is 8.30. The van der Waals surface area contributed by atoms with E-state index in [-0.39, 0.29) is 12.6 Å². The van der Waals surface area contributed by atoms with Gasteiger partial charge in [0, 0.05) is 25.2 Å². The van der Waals surface area contributed by atoms with Crippen molar-refractivity contribution in [2.75, 3.05) is 18.4 Å². The minimum Gasteiger partial charge on any atom is -0.444 e. The molecule has 9 heteroatoms. The Balaban J connectivity index is 1.73. The summed E-state index contributed by atoms with van der Waals surface area (Å²) in [7, 11) is 0. The first-order valence-electron chi connectivity index (χ1n) is 8.11. The quantitative estimate of drug-likeness (QED) is 0.697. The Morgan fingerprint density at radius 1 is 1.40 bits per heavy atom. The average molecular weight is 461 g/mol. The maximum Gasteiger partial charge on any atom is 0.410 e. The van der Waals surface area contributed by atoms with Crippen LogP contribution in [0.25, 0.3) is 5.65 Å². The molecule has 0 saturated carbocycles. The number of nitrogens with zero attached hydrogens (tertiary/aromatic N) is 4. The van der Waals surface area contributed by atoms with Crippen LogP contribution in [-0.4, -0.2) is 56.5 Å². The van der Waals surface area contributed by atoms with Crippen LogP contribution in [0.4, 0.5) is 15.1 Å². The lowest BCUT2D eigenvalue weighted by Crippen LogP contribution is -2.51. The molecule has 0 aliphatic carbocycles. The number of hydrogen-bond donors (Lipinski definition) is 1. The molecule has 2 atom stereocenters. The molecule has 1 saturated heterocycles. The molecule has 0 aromatic carbocycles. The molecule has 0 bridgehead atoms. The number of carbonyl (C=O) groups is 1. The summed E-state index contributed by atoms with van der Waals surface area (Å²) < 4.78 is 22.3. The summed E-state index contributed by atoms with van der Waals surface area (Å²) in [6.07, 6.45) is 0.541. The van der Waals surface area contributed by atoms with Crippen LogP contribution in [0, 0.1) is 3.57 Å². The van der Waals surface area contributed by atoms with Crippen LogP contribution in [0.3, 0.4) is 0 Å². The Morgan fingerprint density at radius 3 is 2.88 bits per heavy atom. The van der Waals surface area contributed by atoms with E-state index in [0.717, 1.165) is 9.22 Å². The van der Waals surface area contributed by atoms with Crippen LogP contribution in [0.2, 0.25) is 0 Å². The molecule has 25 heavy (non-hydrogen) atoms. The summed E-state index contributed by atoms with van der Waals surface area (Å²) in [6, 6.07) is 3.58. The summed E-state index contributed by atoms with van der Waals surface area (Å²) >= 11 is 2.19. The molecule has 1 aliphatic rings. The lowest BCUT2D eigenvalue weighted by molar-refractivity contribution is 0.0124. The van der Waals surface area contributed by atoms with Gasteiger partial charge in [-0.05, 0) is 55.5 Å². The fourth-order valence-corrected chi connectivity index (χ4v) is 3.36. The Labute approximate surface area is 159 Å². The van der Waals surface area contributed by atoms with Crippen molar-refractivity contribution in [3.63, 3.8) is 0 Å². The summed E-state index contributed by atoms with van der Waals surface area (Å²) in [4.78, 5) is 13.6. The highest BCUT2D eigenvalue weighted by Gasteiger charge is 2.33. The number of amides is 1. The average Bonchev–Trinajstić information content (AvgIpc) is 2.89. The topological polar surface area (TPSA) is 71.8 Å². The zero-order valence-corrected chi connectivity index (χ0v) is 16.5. The lowest BCUT2D eigenvalue weighted by Gasteiger charge is -2.35. The molecule has 0 spiro atoms. The molecule has 7 nitrogen and oxygen atoms in total. The molecule has 1 aliphatic heterocycles. The van der Waals surface area contributed by atoms with Crippen LogP contribution in [-0.2, 0) is 4.74 Å². The van der Waals surface area contributed by atoms with Gasteiger partial charge in [0.15, 0.2) is 5.65 Å². The summed E-state index contributed by atoms with van der Waals surface area (Å²) in [5.41, 5.74) is 0.130. The fraction of sp³-hybridized carbons (Fsp3) is 0.562. The minimum absolute atomic E-state index is 0.0472. The largest absolute Gasteiger partial charge is 0.444 e. The van der Waals surface area contributed by atoms with Gasteiger partial charge in [0.25, 0.3) is 0 Å². The van der Waals surface area contributed by atoms with Gasteiger partial charge < -0.3 is 15.0 Å². The third kappa shape index (κ3) is 4.31. The highest BCUT2D eigenvalue weighted by atomic mass is 127. The van der Waals surface area contributed by atoms with Gasteiger partial charge in [-0.15, -0.1) is 10.2 Å². The normalized spacial score (nSPS) is 21.4. The van der Waals surface area contributed by atoms with Gasteiger partial charge in [0.05, 0.1) is 10.1 Å². The zero-order chi connectivity index (χ0) is 18.2. The van der Waals surface area contributed by atoms with Gasteiger partial charge in [-0.1, -0.05) is 0 Å². The number of fused-ring (bicyclic) bond motifs is 1. The maximum absolute atomic E-state index is 14.2. The van der Waals surface area contributed by atoms with E-state index in [0.29, 0.717) is 18.9 Å². The number of rotatable bonds is 2. The van der Waals surface area contributed by atoms with E-state index in [9.17, 15) is 9.18 Å². The van der Waals surface area contributed by atoms with Crippen LogP contribution < -0.4 is 5.32 Å². The molecule has 2 aromatic heterocycles. The van der Waals surface area contributed by atoms with Gasteiger partial charge in [0.2, 0.25) is 5.95 Å². The van der Waals surface area contributed by atoms with Gasteiger partial charge in [-0.3, -0.25) is 4.40 Å². The maximum atomic E-state index is 14.2. The van der Waals surface area contributed by atoms with E-state index in [1.165, 1.54) is 4.90 Å². The predicted octanol–water partition coefficient (Wildman–Crippen LogP) is 3.09. The molecular weight excluding hydrogens is 440 g/mol. The summed E-state index contributed by atoms with van der Waals surface area (Å²) in [5.74, 6) is 0.539. The van der Waals surface area contributed by atoms with Crippen molar-refractivity contribution < 1.29 is 13.9 Å². The number of likely N-dealkylation sites (tertiary alicyclic amines) is 1. The number of alkyl halides is 1. The molecule has 0 unspecified atom stereocenters. The van der Waals surface area contributed by atoms with Gasteiger partial charge in [-0.25, -0.2) is 9.18 Å². The molecule has 1 fully saturated rings. The van der Waals surface area contributed by atoms with Crippen LogP contribution in [0.1, 0.15) is 27.2 Å². The van der Waals surface area contributed by atoms with E-state index in [1.54, 1.807) is 20.8 Å². The highest BCUT2D eigenvalue weighted by Crippen LogP contribution is 2.21. The Morgan fingerprint density at radius 2 is 2.16 bits per heavy atom. The first kappa shape index (κ1) is 18.2. The molecule has 0 radical (unpaired) electrons. The Bertz CT molecular complexity index is 775. The first-order valence-corrected chi connectivity index (χ1v) is 9.18. The first-order chi connectivity index (χ1) is 11.7. The van der Waals surface area contributed by atoms with Gasteiger partial charge in [-0.2, -0.15) is 0 Å². The Kier molecular flexibility index (Phi) is 5.03. The number of hydrogen-bond acceptors (Lipinski definition) is 5. The molecule has 2 aromatic rings. The number of pyridine rings is 1. The molecule has 136 valence electrons. The standard InChI is InChI=1S/C16H21FIN5O2/c1-16(2,3)25-15(24)22-8-10(17)7-11(9-22)19-14-21-20-13-12(18)5-4-6-23(13)14/h4-6,10-11H,7-9H2,1-3H3,(H,19,21)/t10-,11-/m1/s1. The molecule has 1 N–H and O–H groups in total. The smallest absolute Gasteiger partial charge is 0.410 e. The second-order valence-electron chi connectivity index (χ2n) is 7.13. The molecular formula is C16H21FIN5O2. The van der Waals surface area contributed by atoms with Crippen molar-refractivity contribution in [3.8, 4) is 0 Å². The van der Waals surface area contributed by atoms with Crippen molar-refractivity contribution in [2.45, 2.75) is 45.0 Å². The van der Waals surface area contributed by atoms with Gasteiger partial charge >= 0.3 is 6.09 Å². The third-order valence-electron chi connectivity index (χ3n) is 3.77. The van der Waals surface area contributed by atoms with Gasteiger partial charge in [0.1, 0.15) is 11.8 Å². The number of ether oxygens (including phenoxy) is 1. The third-order valence-corrected chi connectivity index (χ3v) is 4.61. The van der Waals surface area contributed by atoms with E-state index in [4.69, 9.17) is 4.74 Å². The number of aromatic nitrogens is 3. The monoisotopic (exact) mass is 461 g/mol. The lowest BCUT2D eigenvalue weighted by atomic mass is 10.0. The highest BCUT2D eigenvalue weighted by molar-refractivity contribution is 14.1. The summed E-state index contributed by atoms with van der Waals surface area (Å²) in [6.45, 7) is 5.78. The molecule has 3 rings (SSSR count). The van der Waals surface area contributed by atoms with E-state index < -0.39 is 17.9 Å². The molecule has 3 heterocycles. The van der Waals surface area contributed by atoms with Crippen molar-refractivity contribution in [3.05, 3.63) is 21.9 Å². The summed E-state index contributed by atoms with van der Waals surface area (Å²) in [5, 5.41) is 11.5. The van der Waals surface area contributed by atoms with Crippen molar-refractivity contribution in [2.24, 2.45) is 0 Å². The van der Waals surface area contributed by atoms with Crippen molar-refractivity contribution in [1.82, 2.24) is 19.5 Å². The second kappa shape index (κ2) is 6.93.